The highest BCUT2D eigenvalue weighted by atomic mass is 35.5. The summed E-state index contributed by atoms with van der Waals surface area (Å²) in [5.41, 5.74) is 1.49. The molecule has 0 aliphatic carbocycles. The second kappa shape index (κ2) is 8.11. The molecule has 0 saturated carbocycles. The van der Waals surface area contributed by atoms with E-state index in [0.717, 1.165) is 11.3 Å². The first kappa shape index (κ1) is 18.1. The van der Waals surface area contributed by atoms with E-state index < -0.39 is 0 Å². The van der Waals surface area contributed by atoms with Gasteiger partial charge in [-0.3, -0.25) is 10.1 Å². The lowest BCUT2D eigenvalue weighted by molar-refractivity contribution is -0.121. The molecule has 1 aromatic carbocycles. The van der Waals surface area contributed by atoms with Crippen molar-refractivity contribution in [3.63, 3.8) is 0 Å². The highest BCUT2D eigenvalue weighted by molar-refractivity contribution is 7.15. The first-order valence-corrected chi connectivity index (χ1v) is 8.88. The van der Waals surface area contributed by atoms with Crippen molar-refractivity contribution in [1.29, 1.82) is 0 Å². The average Bonchev–Trinajstić information content (AvgIpc) is 3.14. The molecule has 0 saturated heterocycles. The van der Waals surface area contributed by atoms with Gasteiger partial charge in [-0.15, -0.1) is 16.4 Å². The Balaban J connectivity index is 1.77. The number of rotatable bonds is 7. The van der Waals surface area contributed by atoms with Gasteiger partial charge in [-0.1, -0.05) is 23.2 Å². The molecule has 0 spiro atoms. The first-order valence-electron chi connectivity index (χ1n) is 7.24. The molecule has 132 valence electrons. The molecule has 7 nitrogen and oxygen atoms in total. The van der Waals surface area contributed by atoms with Crippen molar-refractivity contribution in [3.8, 4) is 11.3 Å². The van der Waals surface area contributed by atoms with Gasteiger partial charge in [-0.05, 0) is 18.2 Å². The number of carbonyl (C=O) groups excluding carboxylic acids is 1. The number of fused-ring (bicyclic) bond motifs is 1. The van der Waals surface area contributed by atoms with E-state index in [1.54, 1.807) is 29.8 Å². The quantitative estimate of drug-likeness (QED) is 0.615. The molecule has 0 aliphatic rings. The molecule has 0 radical (unpaired) electrons. The third kappa shape index (κ3) is 4.28. The van der Waals surface area contributed by atoms with Crippen LogP contribution in [0.3, 0.4) is 0 Å². The fourth-order valence-electron chi connectivity index (χ4n) is 2.08. The summed E-state index contributed by atoms with van der Waals surface area (Å²) in [5.74, 6) is -0.136. The predicted octanol–water partition coefficient (Wildman–Crippen LogP) is 3.37. The van der Waals surface area contributed by atoms with Crippen LogP contribution in [0.25, 0.3) is 16.2 Å². The maximum atomic E-state index is 11.8. The third-order valence-corrected chi connectivity index (χ3v) is 4.58. The van der Waals surface area contributed by atoms with Gasteiger partial charge in [0, 0.05) is 23.1 Å². The number of nitrogens with zero attached hydrogens (tertiary/aromatic N) is 3. The van der Waals surface area contributed by atoms with Crippen LogP contribution in [-0.2, 0) is 14.3 Å². The van der Waals surface area contributed by atoms with Crippen LogP contribution in [0.15, 0.2) is 23.6 Å². The minimum Gasteiger partial charge on any atom is -0.382 e. The molecular weight excluding hydrogens is 387 g/mol. The largest absolute Gasteiger partial charge is 0.382 e. The molecule has 1 N–H and O–H groups in total. The molecule has 3 aromatic rings. The van der Waals surface area contributed by atoms with Crippen LogP contribution < -0.4 is 5.32 Å². The van der Waals surface area contributed by atoms with Crippen molar-refractivity contribution in [3.05, 3.63) is 33.6 Å². The van der Waals surface area contributed by atoms with E-state index in [4.69, 9.17) is 32.7 Å². The molecule has 2 heterocycles. The van der Waals surface area contributed by atoms with Crippen LogP contribution in [0.2, 0.25) is 10.0 Å². The number of nitrogens with one attached hydrogen (secondary N) is 1. The molecule has 0 bridgehead atoms. The number of hydrogen-bond donors (Lipinski definition) is 1. The van der Waals surface area contributed by atoms with Crippen LogP contribution in [0.4, 0.5) is 5.95 Å². The number of amides is 1. The van der Waals surface area contributed by atoms with Gasteiger partial charge < -0.3 is 9.47 Å². The van der Waals surface area contributed by atoms with Gasteiger partial charge in [0.15, 0.2) is 0 Å². The lowest BCUT2D eigenvalue weighted by Gasteiger charge is -2.03. The monoisotopic (exact) mass is 400 g/mol. The van der Waals surface area contributed by atoms with Crippen molar-refractivity contribution in [2.75, 3.05) is 32.2 Å². The smallest absolute Gasteiger partial charge is 0.252 e. The second-order valence-electron chi connectivity index (χ2n) is 4.97. The molecule has 0 aliphatic heterocycles. The van der Waals surface area contributed by atoms with Crippen LogP contribution in [0.5, 0.6) is 0 Å². The van der Waals surface area contributed by atoms with Crippen LogP contribution in [0, 0.1) is 0 Å². The summed E-state index contributed by atoms with van der Waals surface area (Å²) in [5, 5.41) is 9.91. The van der Waals surface area contributed by atoms with Gasteiger partial charge in [-0.2, -0.15) is 4.98 Å². The lowest BCUT2D eigenvalue weighted by Crippen LogP contribution is -2.20. The summed E-state index contributed by atoms with van der Waals surface area (Å²) in [6.45, 7) is 0.672. The number of halogens is 2. The summed E-state index contributed by atoms with van der Waals surface area (Å²) >= 11 is 13.7. The molecule has 25 heavy (non-hydrogen) atoms. The van der Waals surface area contributed by atoms with E-state index in [2.05, 4.69) is 15.4 Å². The maximum absolute atomic E-state index is 11.8. The summed E-state index contributed by atoms with van der Waals surface area (Å²) in [4.78, 5) is 16.7. The first-order chi connectivity index (χ1) is 12.1. The number of thiazole rings is 1. The predicted molar refractivity (Wildman–Crippen MR) is 97.6 cm³/mol. The number of carbonyl (C=O) groups is 1. The Morgan fingerprint density at radius 2 is 2.20 bits per heavy atom. The fourth-order valence-corrected chi connectivity index (χ4v) is 3.29. The van der Waals surface area contributed by atoms with Crippen molar-refractivity contribution < 1.29 is 14.3 Å². The molecule has 2 aromatic heterocycles. The number of hydrogen-bond acceptors (Lipinski definition) is 6. The zero-order valence-corrected chi connectivity index (χ0v) is 15.5. The number of anilines is 1. The number of aromatic nitrogens is 3. The van der Waals surface area contributed by atoms with Gasteiger partial charge >= 0.3 is 0 Å². The minimum absolute atomic E-state index is 0.0941. The van der Waals surface area contributed by atoms with Gasteiger partial charge in [0.2, 0.25) is 4.96 Å². The van der Waals surface area contributed by atoms with Crippen LogP contribution in [-0.4, -0.2) is 47.4 Å². The van der Waals surface area contributed by atoms with Gasteiger partial charge in [0.25, 0.3) is 11.9 Å². The Labute approximate surface area is 157 Å². The van der Waals surface area contributed by atoms with E-state index in [9.17, 15) is 4.79 Å². The van der Waals surface area contributed by atoms with E-state index in [1.165, 1.54) is 11.3 Å². The van der Waals surface area contributed by atoms with Gasteiger partial charge in [-0.25, -0.2) is 4.52 Å². The molecule has 0 fully saturated rings. The Hall–Kier alpha value is -1.71. The lowest BCUT2D eigenvalue weighted by atomic mass is 10.2. The van der Waals surface area contributed by atoms with E-state index in [-0.39, 0.29) is 18.5 Å². The fraction of sp³-hybridized carbons (Fsp3) is 0.267. The standard InChI is InChI=1S/C15H14Cl2N4O3S/c1-23-4-5-24-7-13(22)18-14-19-15-21(20-14)12(8-25-15)10-6-9(16)2-3-11(10)17/h2-3,6,8H,4-5,7H2,1H3,(H,18,20,22). The Kier molecular flexibility index (Phi) is 5.87. The number of methoxy groups -OCH3 is 1. The van der Waals surface area contributed by atoms with Crippen molar-refractivity contribution >= 4 is 51.4 Å². The minimum atomic E-state index is -0.336. The molecule has 0 unspecified atom stereocenters. The van der Waals surface area contributed by atoms with Gasteiger partial charge in [0.1, 0.15) is 6.61 Å². The van der Waals surface area contributed by atoms with Crippen molar-refractivity contribution in [1.82, 2.24) is 14.6 Å². The topological polar surface area (TPSA) is 77.8 Å². The molecule has 0 atom stereocenters. The Morgan fingerprint density at radius 3 is 3.00 bits per heavy atom. The van der Waals surface area contributed by atoms with E-state index >= 15 is 0 Å². The maximum Gasteiger partial charge on any atom is 0.252 e. The molecule has 3 rings (SSSR count). The third-order valence-electron chi connectivity index (χ3n) is 3.20. The Morgan fingerprint density at radius 1 is 1.36 bits per heavy atom. The van der Waals surface area contributed by atoms with Crippen molar-refractivity contribution in [2.24, 2.45) is 0 Å². The summed E-state index contributed by atoms with van der Waals surface area (Å²) in [6, 6.07) is 5.20. The van der Waals surface area contributed by atoms with Gasteiger partial charge in [0.05, 0.1) is 23.9 Å². The summed E-state index contributed by atoms with van der Waals surface area (Å²) < 4.78 is 11.6. The summed E-state index contributed by atoms with van der Waals surface area (Å²) in [7, 11) is 1.56. The highest BCUT2D eigenvalue weighted by Gasteiger charge is 2.15. The highest BCUT2D eigenvalue weighted by Crippen LogP contribution is 2.33. The van der Waals surface area contributed by atoms with Crippen molar-refractivity contribution in [2.45, 2.75) is 0 Å². The zero-order valence-electron chi connectivity index (χ0n) is 13.2. The molecule has 10 heteroatoms. The van der Waals surface area contributed by atoms with Crippen LogP contribution in [0.1, 0.15) is 0 Å². The summed E-state index contributed by atoms with van der Waals surface area (Å²) in [6.07, 6.45) is 0. The normalized spacial score (nSPS) is 11.2. The molecule has 1 amide bonds. The van der Waals surface area contributed by atoms with E-state index in [1.807, 2.05) is 5.38 Å². The second-order valence-corrected chi connectivity index (χ2v) is 6.65. The van der Waals surface area contributed by atoms with Crippen LogP contribution >= 0.6 is 34.5 Å². The average molecular weight is 401 g/mol. The zero-order chi connectivity index (χ0) is 17.8. The number of ether oxygens (including phenoxy) is 2. The molecular formula is C15H14Cl2N4O3S. The van der Waals surface area contributed by atoms with E-state index in [0.29, 0.717) is 28.2 Å². The Bertz CT molecular complexity index is 896. The SMILES string of the molecule is COCCOCC(=O)Nc1nc2scc(-c3cc(Cl)ccc3Cl)n2n1. The number of benzene rings is 1.